The van der Waals surface area contributed by atoms with E-state index in [9.17, 15) is 0 Å². The maximum absolute atomic E-state index is 5.48. The standard InChI is InChI=1S/C17H23N3O3/c1-11-7-12(2)10-20(9-11)17-18-16(19-23-17)13-5-6-14(21-3)15(8-13)22-4/h5-6,8,11-12H,7,9-10H2,1-4H3/t11-,12-/m1/s1. The molecule has 1 aliphatic heterocycles. The zero-order valence-corrected chi connectivity index (χ0v) is 14.1. The molecule has 2 heterocycles. The van der Waals surface area contributed by atoms with Gasteiger partial charge < -0.3 is 18.9 Å². The Morgan fingerprint density at radius 2 is 1.78 bits per heavy atom. The molecule has 0 amide bonds. The van der Waals surface area contributed by atoms with Gasteiger partial charge in [-0.1, -0.05) is 19.0 Å². The molecule has 0 bridgehead atoms. The maximum Gasteiger partial charge on any atom is 0.324 e. The third kappa shape index (κ3) is 3.25. The normalized spacial score (nSPS) is 21.3. The number of ether oxygens (including phenoxy) is 2. The van der Waals surface area contributed by atoms with E-state index >= 15 is 0 Å². The fraction of sp³-hybridized carbons (Fsp3) is 0.529. The van der Waals surface area contributed by atoms with E-state index in [0.717, 1.165) is 18.7 Å². The molecule has 6 heteroatoms. The van der Waals surface area contributed by atoms with Gasteiger partial charge in [-0.15, -0.1) is 0 Å². The van der Waals surface area contributed by atoms with Gasteiger partial charge in [0.25, 0.3) is 0 Å². The predicted octanol–water partition coefficient (Wildman–Crippen LogP) is 3.24. The molecule has 0 saturated carbocycles. The van der Waals surface area contributed by atoms with Gasteiger partial charge in [0, 0.05) is 18.7 Å². The first kappa shape index (κ1) is 15.6. The lowest BCUT2D eigenvalue weighted by Gasteiger charge is -2.33. The quantitative estimate of drug-likeness (QED) is 0.863. The Hall–Kier alpha value is -2.24. The number of hydrogen-bond acceptors (Lipinski definition) is 6. The molecule has 0 radical (unpaired) electrons. The summed E-state index contributed by atoms with van der Waals surface area (Å²) in [7, 11) is 3.22. The number of benzene rings is 1. The molecule has 0 unspecified atom stereocenters. The minimum Gasteiger partial charge on any atom is -0.493 e. The summed E-state index contributed by atoms with van der Waals surface area (Å²) in [4.78, 5) is 6.73. The first-order chi connectivity index (χ1) is 11.1. The van der Waals surface area contributed by atoms with E-state index in [1.165, 1.54) is 6.42 Å². The SMILES string of the molecule is COc1ccc(-c2noc(N3C[C@H](C)C[C@@H](C)C3)n2)cc1OC. The van der Waals surface area contributed by atoms with Crippen molar-refractivity contribution in [1.82, 2.24) is 10.1 Å². The lowest BCUT2D eigenvalue weighted by atomic mass is 9.92. The van der Waals surface area contributed by atoms with E-state index in [1.807, 2.05) is 18.2 Å². The highest BCUT2D eigenvalue weighted by Gasteiger charge is 2.25. The van der Waals surface area contributed by atoms with Gasteiger partial charge in [-0.2, -0.15) is 4.98 Å². The van der Waals surface area contributed by atoms with Crippen molar-refractivity contribution in [3.8, 4) is 22.9 Å². The Bertz CT molecular complexity index is 661. The highest BCUT2D eigenvalue weighted by atomic mass is 16.5. The predicted molar refractivity (Wildman–Crippen MR) is 88.0 cm³/mol. The van der Waals surface area contributed by atoms with Crippen molar-refractivity contribution < 1.29 is 14.0 Å². The minimum atomic E-state index is 0.562. The van der Waals surface area contributed by atoms with Crippen molar-refractivity contribution in [2.75, 3.05) is 32.2 Å². The smallest absolute Gasteiger partial charge is 0.324 e. The van der Waals surface area contributed by atoms with Gasteiger partial charge >= 0.3 is 6.01 Å². The Balaban J connectivity index is 1.84. The van der Waals surface area contributed by atoms with Gasteiger partial charge in [0.05, 0.1) is 14.2 Å². The summed E-state index contributed by atoms with van der Waals surface area (Å²) in [5.41, 5.74) is 0.843. The number of piperidine rings is 1. The van der Waals surface area contributed by atoms with Crippen LogP contribution in [-0.4, -0.2) is 37.4 Å². The van der Waals surface area contributed by atoms with E-state index in [-0.39, 0.29) is 0 Å². The summed E-state index contributed by atoms with van der Waals surface area (Å²) in [5.74, 6) is 3.16. The lowest BCUT2D eigenvalue weighted by Crippen LogP contribution is -2.38. The van der Waals surface area contributed by atoms with Gasteiger partial charge in [-0.3, -0.25) is 0 Å². The number of methoxy groups -OCH3 is 2. The van der Waals surface area contributed by atoms with Crippen LogP contribution in [0.25, 0.3) is 11.4 Å². The lowest BCUT2D eigenvalue weighted by molar-refractivity contribution is 0.326. The van der Waals surface area contributed by atoms with E-state index in [0.29, 0.717) is 35.2 Å². The van der Waals surface area contributed by atoms with Gasteiger partial charge in [-0.05, 0) is 36.5 Å². The topological polar surface area (TPSA) is 60.6 Å². The first-order valence-corrected chi connectivity index (χ1v) is 7.91. The fourth-order valence-electron chi connectivity index (χ4n) is 3.26. The monoisotopic (exact) mass is 317 g/mol. The average Bonchev–Trinajstić information content (AvgIpc) is 3.03. The van der Waals surface area contributed by atoms with Crippen molar-refractivity contribution in [3.63, 3.8) is 0 Å². The van der Waals surface area contributed by atoms with Crippen molar-refractivity contribution in [3.05, 3.63) is 18.2 Å². The Labute approximate surface area is 136 Å². The molecule has 124 valence electrons. The summed E-state index contributed by atoms with van der Waals surface area (Å²) in [6, 6.07) is 6.19. The summed E-state index contributed by atoms with van der Waals surface area (Å²) < 4.78 is 16.1. The molecule has 2 atom stereocenters. The summed E-state index contributed by atoms with van der Waals surface area (Å²) in [6.07, 6.45) is 1.24. The fourth-order valence-corrected chi connectivity index (χ4v) is 3.26. The van der Waals surface area contributed by atoms with E-state index in [2.05, 4.69) is 28.9 Å². The first-order valence-electron chi connectivity index (χ1n) is 7.91. The maximum atomic E-state index is 5.48. The number of rotatable bonds is 4. The molecule has 2 aromatic rings. The van der Waals surface area contributed by atoms with Gasteiger partial charge in [0.15, 0.2) is 11.5 Å². The second-order valence-corrected chi connectivity index (χ2v) is 6.32. The third-order valence-electron chi connectivity index (χ3n) is 4.20. The third-order valence-corrected chi connectivity index (χ3v) is 4.20. The van der Waals surface area contributed by atoms with Crippen LogP contribution < -0.4 is 14.4 Å². The van der Waals surface area contributed by atoms with E-state index < -0.39 is 0 Å². The van der Waals surface area contributed by atoms with Crippen LogP contribution in [0.2, 0.25) is 0 Å². The molecule has 1 aliphatic rings. The van der Waals surface area contributed by atoms with Crippen LogP contribution >= 0.6 is 0 Å². The summed E-state index contributed by atoms with van der Waals surface area (Å²) >= 11 is 0. The molecule has 0 N–H and O–H groups in total. The summed E-state index contributed by atoms with van der Waals surface area (Å²) in [6.45, 7) is 6.43. The average molecular weight is 317 g/mol. The molecule has 0 spiro atoms. The van der Waals surface area contributed by atoms with Crippen molar-refractivity contribution >= 4 is 6.01 Å². The molecule has 1 aromatic carbocycles. The zero-order valence-electron chi connectivity index (χ0n) is 14.1. The highest BCUT2D eigenvalue weighted by molar-refractivity contribution is 5.61. The number of aromatic nitrogens is 2. The van der Waals surface area contributed by atoms with Crippen LogP contribution in [0.3, 0.4) is 0 Å². The van der Waals surface area contributed by atoms with Crippen molar-refractivity contribution in [2.24, 2.45) is 11.8 Å². The van der Waals surface area contributed by atoms with E-state index in [4.69, 9.17) is 14.0 Å². The molecule has 1 saturated heterocycles. The van der Waals surface area contributed by atoms with Crippen molar-refractivity contribution in [2.45, 2.75) is 20.3 Å². The summed E-state index contributed by atoms with van der Waals surface area (Å²) in [5, 5.41) is 4.12. The van der Waals surface area contributed by atoms with Gasteiger partial charge in [0.2, 0.25) is 5.82 Å². The van der Waals surface area contributed by atoms with Crippen molar-refractivity contribution in [1.29, 1.82) is 0 Å². The molecular formula is C17H23N3O3. The second kappa shape index (κ2) is 6.48. The molecule has 23 heavy (non-hydrogen) atoms. The Kier molecular flexibility index (Phi) is 4.41. The molecular weight excluding hydrogens is 294 g/mol. The number of hydrogen-bond donors (Lipinski definition) is 0. The van der Waals surface area contributed by atoms with E-state index in [1.54, 1.807) is 14.2 Å². The van der Waals surface area contributed by atoms with Crippen LogP contribution in [0, 0.1) is 11.8 Å². The molecule has 1 aromatic heterocycles. The molecule has 1 fully saturated rings. The largest absolute Gasteiger partial charge is 0.493 e. The van der Waals surface area contributed by atoms with Gasteiger partial charge in [-0.25, -0.2) is 0 Å². The Morgan fingerprint density at radius 1 is 1.09 bits per heavy atom. The van der Waals surface area contributed by atoms with Crippen LogP contribution in [0.4, 0.5) is 6.01 Å². The van der Waals surface area contributed by atoms with Crippen LogP contribution in [0.15, 0.2) is 22.7 Å². The van der Waals surface area contributed by atoms with Crippen LogP contribution in [0.5, 0.6) is 11.5 Å². The molecule has 3 rings (SSSR count). The Morgan fingerprint density at radius 3 is 2.43 bits per heavy atom. The highest BCUT2D eigenvalue weighted by Crippen LogP contribution is 2.32. The minimum absolute atomic E-state index is 0.562. The zero-order chi connectivity index (χ0) is 16.4. The van der Waals surface area contributed by atoms with Crippen LogP contribution in [-0.2, 0) is 0 Å². The second-order valence-electron chi connectivity index (χ2n) is 6.32. The molecule has 6 nitrogen and oxygen atoms in total. The molecule has 0 aliphatic carbocycles. The van der Waals surface area contributed by atoms with Gasteiger partial charge in [0.1, 0.15) is 0 Å². The number of nitrogens with zero attached hydrogens (tertiary/aromatic N) is 3. The van der Waals surface area contributed by atoms with Crippen LogP contribution in [0.1, 0.15) is 20.3 Å². The number of anilines is 1.